The van der Waals surface area contributed by atoms with Gasteiger partial charge in [-0.1, -0.05) is 12.1 Å². The average molecular weight is 355 g/mol. The summed E-state index contributed by atoms with van der Waals surface area (Å²) in [5.41, 5.74) is 4.94. The van der Waals surface area contributed by atoms with Gasteiger partial charge in [0.1, 0.15) is 11.5 Å². The maximum Gasteiger partial charge on any atom is 0.259 e. The first-order chi connectivity index (χ1) is 12.5. The second-order valence-corrected chi connectivity index (χ2v) is 5.98. The maximum absolute atomic E-state index is 12.0. The SMILES string of the molecule is COc1ccccc1NCC(=O)N/N=C(/C)c1ccc(OC(C)C)cc1. The molecule has 0 radical (unpaired) electrons. The molecular formula is C20H25N3O3. The molecule has 0 bridgehead atoms. The molecule has 2 rings (SSSR count). The molecule has 0 aliphatic heterocycles. The Bertz CT molecular complexity index is 755. The fourth-order valence-electron chi connectivity index (χ4n) is 2.26. The molecule has 6 nitrogen and oxygen atoms in total. The highest BCUT2D eigenvalue weighted by Crippen LogP contribution is 2.22. The van der Waals surface area contributed by atoms with Crippen molar-refractivity contribution in [3.8, 4) is 11.5 Å². The lowest BCUT2D eigenvalue weighted by Gasteiger charge is -2.11. The Kier molecular flexibility index (Phi) is 7.02. The van der Waals surface area contributed by atoms with E-state index in [1.54, 1.807) is 7.11 Å². The van der Waals surface area contributed by atoms with Crippen LogP contribution in [-0.4, -0.2) is 31.4 Å². The van der Waals surface area contributed by atoms with E-state index in [1.165, 1.54) is 0 Å². The normalized spacial score (nSPS) is 11.2. The van der Waals surface area contributed by atoms with Crippen molar-refractivity contribution in [2.45, 2.75) is 26.9 Å². The number of nitrogens with one attached hydrogen (secondary N) is 2. The van der Waals surface area contributed by atoms with Gasteiger partial charge in [0.15, 0.2) is 0 Å². The smallest absolute Gasteiger partial charge is 0.259 e. The molecule has 0 aliphatic carbocycles. The van der Waals surface area contributed by atoms with Gasteiger partial charge in [0, 0.05) is 0 Å². The van der Waals surface area contributed by atoms with Crippen LogP contribution in [0, 0.1) is 0 Å². The second kappa shape index (κ2) is 9.46. The van der Waals surface area contributed by atoms with E-state index in [1.807, 2.05) is 69.3 Å². The van der Waals surface area contributed by atoms with E-state index in [0.29, 0.717) is 11.5 Å². The molecule has 0 saturated heterocycles. The summed E-state index contributed by atoms with van der Waals surface area (Å²) in [6, 6.07) is 15.0. The Balaban J connectivity index is 1.88. The lowest BCUT2D eigenvalue weighted by molar-refractivity contribution is -0.119. The zero-order valence-electron chi connectivity index (χ0n) is 15.6. The molecule has 0 aliphatic rings. The number of hydrogen-bond acceptors (Lipinski definition) is 5. The number of carbonyl (C=O) groups excluding carboxylic acids is 1. The van der Waals surface area contributed by atoms with Crippen molar-refractivity contribution < 1.29 is 14.3 Å². The molecule has 6 heteroatoms. The minimum Gasteiger partial charge on any atom is -0.495 e. The standard InChI is InChI=1S/C20H25N3O3/c1-14(2)26-17-11-9-16(10-12-17)15(3)22-23-20(24)13-21-18-7-5-6-8-19(18)25-4/h5-12,14,21H,13H2,1-4H3,(H,23,24)/b22-15-. The Morgan fingerprint density at radius 3 is 2.46 bits per heavy atom. The summed E-state index contributed by atoms with van der Waals surface area (Å²) in [4.78, 5) is 12.0. The van der Waals surface area contributed by atoms with Gasteiger partial charge < -0.3 is 14.8 Å². The molecule has 0 atom stereocenters. The van der Waals surface area contributed by atoms with E-state index in [2.05, 4.69) is 15.8 Å². The number of carbonyl (C=O) groups is 1. The summed E-state index contributed by atoms with van der Waals surface area (Å²) in [6.07, 6.45) is 0.130. The first-order valence-electron chi connectivity index (χ1n) is 8.46. The highest BCUT2D eigenvalue weighted by molar-refractivity contribution is 5.99. The molecule has 2 N–H and O–H groups in total. The molecular weight excluding hydrogens is 330 g/mol. The van der Waals surface area contributed by atoms with E-state index >= 15 is 0 Å². The van der Waals surface area contributed by atoms with Gasteiger partial charge in [0.05, 0.1) is 31.2 Å². The number of rotatable bonds is 8. The second-order valence-electron chi connectivity index (χ2n) is 5.98. The van der Waals surface area contributed by atoms with Crippen LogP contribution in [-0.2, 0) is 4.79 Å². The van der Waals surface area contributed by atoms with Gasteiger partial charge in [-0.2, -0.15) is 5.10 Å². The molecule has 26 heavy (non-hydrogen) atoms. The number of benzene rings is 2. The molecule has 2 aromatic rings. The number of hydrazone groups is 1. The van der Waals surface area contributed by atoms with E-state index in [0.717, 1.165) is 17.0 Å². The number of anilines is 1. The van der Waals surface area contributed by atoms with E-state index < -0.39 is 0 Å². The maximum atomic E-state index is 12.0. The number of nitrogens with zero attached hydrogens (tertiary/aromatic N) is 1. The largest absolute Gasteiger partial charge is 0.495 e. The van der Waals surface area contributed by atoms with E-state index in [-0.39, 0.29) is 18.6 Å². The van der Waals surface area contributed by atoms with Gasteiger partial charge in [-0.15, -0.1) is 0 Å². The van der Waals surface area contributed by atoms with Gasteiger partial charge in [-0.05, 0) is 62.7 Å². The number of para-hydroxylation sites is 2. The monoisotopic (exact) mass is 355 g/mol. The number of amides is 1. The van der Waals surface area contributed by atoms with Gasteiger partial charge in [-0.3, -0.25) is 4.79 Å². The van der Waals surface area contributed by atoms with Crippen LogP contribution in [0.25, 0.3) is 0 Å². The lowest BCUT2D eigenvalue weighted by Crippen LogP contribution is -2.26. The Morgan fingerprint density at radius 2 is 1.81 bits per heavy atom. The quantitative estimate of drug-likeness (QED) is 0.562. The third kappa shape index (κ3) is 5.81. The Hall–Kier alpha value is -3.02. The van der Waals surface area contributed by atoms with Crippen molar-refractivity contribution in [3.63, 3.8) is 0 Å². The summed E-state index contributed by atoms with van der Waals surface area (Å²) in [5.74, 6) is 1.25. The van der Waals surface area contributed by atoms with E-state index in [9.17, 15) is 4.79 Å². The van der Waals surface area contributed by atoms with Crippen LogP contribution in [0.1, 0.15) is 26.3 Å². The minimum absolute atomic E-state index is 0.0956. The highest BCUT2D eigenvalue weighted by atomic mass is 16.5. The predicted molar refractivity (Wildman–Crippen MR) is 104 cm³/mol. The van der Waals surface area contributed by atoms with Crippen molar-refractivity contribution in [2.24, 2.45) is 5.10 Å². The van der Waals surface area contributed by atoms with Gasteiger partial charge in [-0.25, -0.2) is 5.43 Å². The number of hydrogen-bond donors (Lipinski definition) is 2. The molecule has 0 saturated carbocycles. The fraction of sp³-hybridized carbons (Fsp3) is 0.300. The van der Waals surface area contributed by atoms with Crippen LogP contribution in [0.3, 0.4) is 0 Å². The van der Waals surface area contributed by atoms with Gasteiger partial charge >= 0.3 is 0 Å². The van der Waals surface area contributed by atoms with Crippen LogP contribution >= 0.6 is 0 Å². The third-order valence-electron chi connectivity index (χ3n) is 3.54. The fourth-order valence-corrected chi connectivity index (χ4v) is 2.26. The first kappa shape index (κ1) is 19.3. The molecule has 138 valence electrons. The molecule has 0 heterocycles. The van der Waals surface area contributed by atoms with Crippen LogP contribution < -0.4 is 20.2 Å². The summed E-state index contributed by atoms with van der Waals surface area (Å²) in [6.45, 7) is 5.90. The molecule has 0 unspecified atom stereocenters. The minimum atomic E-state index is -0.241. The molecule has 0 fully saturated rings. The van der Waals surface area contributed by atoms with Crippen molar-refractivity contribution in [3.05, 3.63) is 54.1 Å². The van der Waals surface area contributed by atoms with E-state index in [4.69, 9.17) is 9.47 Å². The summed E-state index contributed by atoms with van der Waals surface area (Å²) in [5, 5.41) is 7.18. The zero-order valence-corrected chi connectivity index (χ0v) is 15.6. The van der Waals surface area contributed by atoms with Crippen LogP contribution in [0.5, 0.6) is 11.5 Å². The number of ether oxygens (including phenoxy) is 2. The first-order valence-corrected chi connectivity index (χ1v) is 8.46. The molecule has 0 aromatic heterocycles. The highest BCUT2D eigenvalue weighted by Gasteiger charge is 2.05. The molecule has 0 spiro atoms. The summed E-state index contributed by atoms with van der Waals surface area (Å²) < 4.78 is 10.8. The third-order valence-corrected chi connectivity index (χ3v) is 3.54. The molecule has 1 amide bonds. The average Bonchev–Trinajstić information content (AvgIpc) is 2.64. The summed E-state index contributed by atoms with van der Waals surface area (Å²) in [7, 11) is 1.59. The summed E-state index contributed by atoms with van der Waals surface area (Å²) >= 11 is 0. The topological polar surface area (TPSA) is 72.0 Å². The predicted octanol–water partition coefficient (Wildman–Crippen LogP) is 3.43. The Labute approximate surface area is 154 Å². The van der Waals surface area contributed by atoms with Crippen molar-refractivity contribution >= 4 is 17.3 Å². The van der Waals surface area contributed by atoms with Crippen LogP contribution in [0.2, 0.25) is 0 Å². The molecule has 2 aromatic carbocycles. The Morgan fingerprint density at radius 1 is 1.12 bits per heavy atom. The van der Waals surface area contributed by atoms with Crippen LogP contribution in [0.4, 0.5) is 5.69 Å². The number of methoxy groups -OCH3 is 1. The van der Waals surface area contributed by atoms with Crippen molar-refractivity contribution in [2.75, 3.05) is 19.0 Å². The van der Waals surface area contributed by atoms with Gasteiger partial charge in [0.2, 0.25) is 0 Å². The van der Waals surface area contributed by atoms with Crippen LogP contribution in [0.15, 0.2) is 53.6 Å². The van der Waals surface area contributed by atoms with Crippen molar-refractivity contribution in [1.82, 2.24) is 5.43 Å². The lowest BCUT2D eigenvalue weighted by atomic mass is 10.1. The zero-order chi connectivity index (χ0) is 18.9. The van der Waals surface area contributed by atoms with Crippen molar-refractivity contribution in [1.29, 1.82) is 0 Å². The van der Waals surface area contributed by atoms with Gasteiger partial charge in [0.25, 0.3) is 5.91 Å².